The first-order valence-corrected chi connectivity index (χ1v) is 7.36. The SMILES string of the molecule is CCSCCCNc1ccc(-c2cnco2)cc1. The van der Waals surface area contributed by atoms with Crippen molar-refractivity contribution < 1.29 is 4.42 Å². The van der Waals surface area contributed by atoms with Crippen molar-refractivity contribution in [1.82, 2.24) is 4.98 Å². The van der Waals surface area contributed by atoms with Gasteiger partial charge in [-0.15, -0.1) is 0 Å². The van der Waals surface area contributed by atoms with Crippen LogP contribution in [-0.2, 0) is 0 Å². The zero-order valence-corrected chi connectivity index (χ0v) is 11.4. The summed E-state index contributed by atoms with van der Waals surface area (Å²) in [6, 6.07) is 8.24. The van der Waals surface area contributed by atoms with Crippen LogP contribution in [0.3, 0.4) is 0 Å². The van der Waals surface area contributed by atoms with Crippen LogP contribution in [0.25, 0.3) is 11.3 Å². The van der Waals surface area contributed by atoms with Gasteiger partial charge in [-0.3, -0.25) is 0 Å². The molecule has 1 aromatic heterocycles. The second-order valence-corrected chi connectivity index (χ2v) is 5.31. The molecule has 1 N–H and O–H groups in total. The van der Waals surface area contributed by atoms with Gasteiger partial charge in [-0.05, 0) is 42.2 Å². The fraction of sp³-hybridized carbons (Fsp3) is 0.357. The molecule has 0 aliphatic rings. The topological polar surface area (TPSA) is 38.1 Å². The number of anilines is 1. The second kappa shape index (κ2) is 7.11. The molecule has 1 aromatic carbocycles. The first-order valence-electron chi connectivity index (χ1n) is 6.20. The van der Waals surface area contributed by atoms with Crippen LogP contribution in [0, 0.1) is 0 Å². The molecule has 0 amide bonds. The number of nitrogens with one attached hydrogen (secondary N) is 1. The molecule has 4 heteroatoms. The van der Waals surface area contributed by atoms with Gasteiger partial charge in [-0.2, -0.15) is 11.8 Å². The number of aromatic nitrogens is 1. The molecule has 0 atom stereocenters. The van der Waals surface area contributed by atoms with Crippen molar-refractivity contribution in [3.05, 3.63) is 36.9 Å². The van der Waals surface area contributed by atoms with E-state index in [0.717, 1.165) is 23.6 Å². The maximum Gasteiger partial charge on any atom is 0.181 e. The van der Waals surface area contributed by atoms with Crippen LogP contribution < -0.4 is 5.32 Å². The molecular formula is C14H18N2OS. The predicted octanol–water partition coefficient (Wildman–Crippen LogP) is 3.90. The summed E-state index contributed by atoms with van der Waals surface area (Å²) in [6.45, 7) is 3.22. The van der Waals surface area contributed by atoms with Gasteiger partial charge in [0, 0.05) is 17.8 Å². The maximum atomic E-state index is 5.25. The number of oxazole rings is 1. The highest BCUT2D eigenvalue weighted by molar-refractivity contribution is 7.99. The number of rotatable bonds is 7. The Kier molecular flexibility index (Phi) is 5.15. The fourth-order valence-corrected chi connectivity index (χ4v) is 2.30. The standard InChI is InChI=1S/C14H18N2OS/c1-2-18-9-3-8-16-13-6-4-12(5-7-13)14-10-15-11-17-14/h4-7,10-11,16H,2-3,8-9H2,1H3. The third-order valence-corrected chi connectivity index (χ3v) is 3.59. The van der Waals surface area contributed by atoms with Gasteiger partial charge in [0.25, 0.3) is 0 Å². The Hall–Kier alpha value is -1.42. The van der Waals surface area contributed by atoms with E-state index in [1.54, 1.807) is 6.20 Å². The van der Waals surface area contributed by atoms with Crippen molar-refractivity contribution in [3.8, 4) is 11.3 Å². The van der Waals surface area contributed by atoms with Gasteiger partial charge in [-0.25, -0.2) is 4.98 Å². The van der Waals surface area contributed by atoms with E-state index in [9.17, 15) is 0 Å². The normalized spacial score (nSPS) is 10.5. The highest BCUT2D eigenvalue weighted by Gasteiger charge is 2.00. The summed E-state index contributed by atoms with van der Waals surface area (Å²) in [6.07, 6.45) is 4.37. The summed E-state index contributed by atoms with van der Waals surface area (Å²) in [5.74, 6) is 3.23. The molecule has 0 aliphatic heterocycles. The fourth-order valence-electron chi connectivity index (χ4n) is 1.66. The molecule has 0 saturated carbocycles. The minimum atomic E-state index is 0.806. The zero-order chi connectivity index (χ0) is 12.6. The van der Waals surface area contributed by atoms with Crippen LogP contribution in [0.4, 0.5) is 5.69 Å². The predicted molar refractivity (Wildman–Crippen MR) is 78.0 cm³/mol. The van der Waals surface area contributed by atoms with Crippen LogP contribution in [0.5, 0.6) is 0 Å². The molecule has 3 nitrogen and oxygen atoms in total. The molecule has 2 aromatic rings. The minimum absolute atomic E-state index is 0.806. The van der Waals surface area contributed by atoms with Gasteiger partial charge >= 0.3 is 0 Å². The highest BCUT2D eigenvalue weighted by Crippen LogP contribution is 2.20. The van der Waals surface area contributed by atoms with E-state index >= 15 is 0 Å². The molecule has 96 valence electrons. The van der Waals surface area contributed by atoms with E-state index in [0.29, 0.717) is 0 Å². The average molecular weight is 262 g/mol. The van der Waals surface area contributed by atoms with Gasteiger partial charge in [0.05, 0.1) is 6.20 Å². The van der Waals surface area contributed by atoms with Crippen molar-refractivity contribution in [1.29, 1.82) is 0 Å². The summed E-state index contributed by atoms with van der Waals surface area (Å²) >= 11 is 1.98. The zero-order valence-electron chi connectivity index (χ0n) is 10.6. The lowest BCUT2D eigenvalue weighted by Gasteiger charge is -2.06. The first-order chi connectivity index (χ1) is 8.90. The van der Waals surface area contributed by atoms with Crippen LogP contribution in [-0.4, -0.2) is 23.0 Å². The summed E-state index contributed by atoms with van der Waals surface area (Å²) in [5.41, 5.74) is 2.21. The van der Waals surface area contributed by atoms with Gasteiger partial charge < -0.3 is 9.73 Å². The quantitative estimate of drug-likeness (QED) is 0.768. The van der Waals surface area contributed by atoms with Crippen LogP contribution in [0.15, 0.2) is 41.3 Å². The molecule has 0 unspecified atom stereocenters. The second-order valence-electron chi connectivity index (χ2n) is 3.92. The van der Waals surface area contributed by atoms with Crippen LogP contribution in [0.1, 0.15) is 13.3 Å². The molecule has 0 aliphatic carbocycles. The summed E-state index contributed by atoms with van der Waals surface area (Å²) in [5, 5.41) is 3.42. The van der Waals surface area contributed by atoms with E-state index in [4.69, 9.17) is 4.42 Å². The molecule has 2 rings (SSSR count). The maximum absolute atomic E-state index is 5.25. The Bertz CT molecular complexity index is 439. The highest BCUT2D eigenvalue weighted by atomic mass is 32.2. The lowest BCUT2D eigenvalue weighted by molar-refractivity contribution is 0.572. The van der Waals surface area contributed by atoms with Gasteiger partial charge in [-0.1, -0.05) is 6.92 Å². The van der Waals surface area contributed by atoms with Crippen LogP contribution in [0.2, 0.25) is 0 Å². The van der Waals surface area contributed by atoms with E-state index in [-0.39, 0.29) is 0 Å². The van der Waals surface area contributed by atoms with Gasteiger partial charge in [0.15, 0.2) is 12.2 Å². The van der Waals surface area contributed by atoms with Crippen molar-refractivity contribution in [2.24, 2.45) is 0 Å². The van der Waals surface area contributed by atoms with Crippen molar-refractivity contribution >= 4 is 17.4 Å². The number of hydrogen-bond donors (Lipinski definition) is 1. The van der Waals surface area contributed by atoms with Crippen molar-refractivity contribution in [3.63, 3.8) is 0 Å². The Morgan fingerprint density at radius 2 is 2.11 bits per heavy atom. The monoisotopic (exact) mass is 262 g/mol. The number of nitrogens with zero attached hydrogens (tertiary/aromatic N) is 1. The lowest BCUT2D eigenvalue weighted by Crippen LogP contribution is -2.02. The Labute approximate surface area is 112 Å². The molecule has 0 spiro atoms. The minimum Gasteiger partial charge on any atom is -0.444 e. The number of benzene rings is 1. The lowest BCUT2D eigenvalue weighted by atomic mass is 10.1. The van der Waals surface area contributed by atoms with E-state index < -0.39 is 0 Å². The summed E-state index contributed by atoms with van der Waals surface area (Å²) < 4.78 is 5.25. The van der Waals surface area contributed by atoms with Gasteiger partial charge in [0.1, 0.15) is 0 Å². The van der Waals surface area contributed by atoms with Crippen molar-refractivity contribution in [2.75, 3.05) is 23.4 Å². The van der Waals surface area contributed by atoms with E-state index in [2.05, 4.69) is 29.4 Å². The largest absolute Gasteiger partial charge is 0.444 e. The van der Waals surface area contributed by atoms with Crippen molar-refractivity contribution in [2.45, 2.75) is 13.3 Å². The Balaban J connectivity index is 1.81. The third kappa shape index (κ3) is 3.81. The first kappa shape index (κ1) is 13.0. The van der Waals surface area contributed by atoms with Gasteiger partial charge in [0.2, 0.25) is 0 Å². The summed E-state index contributed by atoms with van der Waals surface area (Å²) in [7, 11) is 0. The Morgan fingerprint density at radius 3 is 2.78 bits per heavy atom. The molecule has 0 radical (unpaired) electrons. The molecule has 18 heavy (non-hydrogen) atoms. The Morgan fingerprint density at radius 1 is 1.28 bits per heavy atom. The van der Waals surface area contributed by atoms with E-state index in [1.807, 2.05) is 23.9 Å². The smallest absolute Gasteiger partial charge is 0.181 e. The number of thioether (sulfide) groups is 1. The molecule has 0 bridgehead atoms. The molecule has 0 saturated heterocycles. The number of hydrogen-bond acceptors (Lipinski definition) is 4. The molecule has 0 fully saturated rings. The van der Waals surface area contributed by atoms with Crippen LogP contribution >= 0.6 is 11.8 Å². The molecular weight excluding hydrogens is 244 g/mol. The third-order valence-electron chi connectivity index (χ3n) is 2.60. The average Bonchev–Trinajstić information content (AvgIpc) is 2.93. The summed E-state index contributed by atoms with van der Waals surface area (Å²) in [4.78, 5) is 3.91. The van der Waals surface area contributed by atoms with E-state index in [1.165, 1.54) is 24.3 Å². The molecule has 1 heterocycles.